The third-order valence-corrected chi connectivity index (χ3v) is 4.96. The molecule has 0 N–H and O–H groups in total. The Morgan fingerprint density at radius 3 is 2.00 bits per heavy atom. The zero-order valence-electron chi connectivity index (χ0n) is 17.9. The van der Waals surface area contributed by atoms with Crippen LogP contribution in [0.1, 0.15) is 94.4 Å². The average Bonchev–Trinajstić information content (AvgIpc) is 2.31. The summed E-state index contributed by atoms with van der Waals surface area (Å²) in [6.07, 6.45) is 5.90. The Kier molecular flexibility index (Phi) is 7.69. The predicted molar refractivity (Wildman–Crippen MR) is 110 cm³/mol. The molecule has 2 atom stereocenters. The Hall–Kier alpha value is -0.660. The second kappa shape index (κ2) is 8.63. The summed E-state index contributed by atoms with van der Waals surface area (Å²) in [7, 11) is 0. The van der Waals surface area contributed by atoms with E-state index in [4.69, 9.17) is 9.98 Å². The standard InChI is InChI=1S/C22H42N2/c1-16(2)10-18(5)23-15-22(9)13-20(12-21(7,8)14-22)24-19(6)11-17(3)4/h16-17,20H,10-15H2,1-9H3/b23-18+,24-19+. The van der Waals surface area contributed by atoms with E-state index in [0.717, 1.165) is 19.4 Å². The SMILES string of the molecule is C/C(CC(C)C)=N\CC1(C)CC(/N=C(\C)CC(C)C)CC(C)(C)C1. The molecule has 0 amide bonds. The van der Waals surface area contributed by atoms with Gasteiger partial charge < -0.3 is 0 Å². The first-order valence-electron chi connectivity index (χ1n) is 9.94. The normalized spacial score (nSPS) is 28.7. The summed E-state index contributed by atoms with van der Waals surface area (Å²) in [5.41, 5.74) is 3.28. The van der Waals surface area contributed by atoms with E-state index >= 15 is 0 Å². The van der Waals surface area contributed by atoms with Crippen molar-refractivity contribution in [3.8, 4) is 0 Å². The van der Waals surface area contributed by atoms with Crippen molar-refractivity contribution >= 4 is 11.4 Å². The van der Waals surface area contributed by atoms with Crippen molar-refractivity contribution in [3.05, 3.63) is 0 Å². The molecule has 1 rings (SSSR count). The third kappa shape index (κ3) is 7.94. The maximum absolute atomic E-state index is 5.11. The van der Waals surface area contributed by atoms with Gasteiger partial charge in [-0.3, -0.25) is 9.98 Å². The van der Waals surface area contributed by atoms with Crippen LogP contribution in [0.4, 0.5) is 0 Å². The monoisotopic (exact) mass is 334 g/mol. The summed E-state index contributed by atoms with van der Waals surface area (Å²) >= 11 is 0. The summed E-state index contributed by atoms with van der Waals surface area (Å²) in [4.78, 5) is 10.1. The van der Waals surface area contributed by atoms with Gasteiger partial charge in [0.05, 0.1) is 6.04 Å². The molecule has 1 aliphatic carbocycles. The molecule has 0 heterocycles. The van der Waals surface area contributed by atoms with E-state index in [1.54, 1.807) is 0 Å². The first-order chi connectivity index (χ1) is 10.9. The van der Waals surface area contributed by atoms with E-state index < -0.39 is 0 Å². The molecule has 0 saturated heterocycles. The molecule has 24 heavy (non-hydrogen) atoms. The largest absolute Gasteiger partial charge is 0.294 e. The molecule has 0 radical (unpaired) electrons. The van der Waals surface area contributed by atoms with Gasteiger partial charge >= 0.3 is 0 Å². The molecular weight excluding hydrogens is 292 g/mol. The molecular formula is C22H42N2. The van der Waals surface area contributed by atoms with Crippen molar-refractivity contribution in [2.45, 2.75) is 100 Å². The summed E-state index contributed by atoms with van der Waals surface area (Å²) < 4.78 is 0. The maximum Gasteiger partial charge on any atom is 0.0509 e. The van der Waals surface area contributed by atoms with Crippen LogP contribution in [0.15, 0.2) is 9.98 Å². The van der Waals surface area contributed by atoms with Crippen LogP contribution in [0.2, 0.25) is 0 Å². The zero-order chi connectivity index (χ0) is 18.5. The highest BCUT2D eigenvalue weighted by molar-refractivity contribution is 5.82. The molecule has 0 aromatic rings. The van der Waals surface area contributed by atoms with Crippen molar-refractivity contribution in [2.75, 3.05) is 6.54 Å². The molecule has 1 aliphatic rings. The Bertz CT molecular complexity index is 457. The van der Waals surface area contributed by atoms with Crippen LogP contribution in [0, 0.1) is 22.7 Å². The Labute approximate surface area is 151 Å². The van der Waals surface area contributed by atoms with E-state index in [2.05, 4.69) is 62.3 Å². The first-order valence-corrected chi connectivity index (χ1v) is 9.94. The van der Waals surface area contributed by atoms with E-state index in [-0.39, 0.29) is 5.41 Å². The van der Waals surface area contributed by atoms with Crippen LogP contribution in [-0.4, -0.2) is 24.0 Å². The molecule has 2 unspecified atom stereocenters. The van der Waals surface area contributed by atoms with Gasteiger partial charge in [-0.05, 0) is 68.6 Å². The summed E-state index contributed by atoms with van der Waals surface area (Å²) in [6.45, 7) is 21.7. The number of rotatable bonds is 7. The fraction of sp³-hybridized carbons (Fsp3) is 0.909. The number of hydrogen-bond donors (Lipinski definition) is 0. The topological polar surface area (TPSA) is 24.7 Å². The Morgan fingerprint density at radius 2 is 1.46 bits per heavy atom. The smallest absolute Gasteiger partial charge is 0.0509 e. The van der Waals surface area contributed by atoms with E-state index in [9.17, 15) is 0 Å². The summed E-state index contributed by atoms with van der Waals surface area (Å²) in [6, 6.07) is 0.470. The van der Waals surface area contributed by atoms with Crippen molar-refractivity contribution in [2.24, 2.45) is 32.7 Å². The molecule has 0 spiro atoms. The molecule has 0 aromatic carbocycles. The van der Waals surface area contributed by atoms with Crippen molar-refractivity contribution in [3.63, 3.8) is 0 Å². The lowest BCUT2D eigenvalue weighted by Gasteiger charge is -2.45. The molecule has 1 fully saturated rings. The molecule has 0 aromatic heterocycles. The maximum atomic E-state index is 5.11. The fourth-order valence-corrected chi connectivity index (χ4v) is 4.73. The van der Waals surface area contributed by atoms with Crippen LogP contribution in [0.3, 0.4) is 0 Å². The average molecular weight is 335 g/mol. The lowest BCUT2D eigenvalue weighted by Crippen LogP contribution is -2.39. The summed E-state index contributed by atoms with van der Waals surface area (Å²) in [5.74, 6) is 1.39. The summed E-state index contributed by atoms with van der Waals surface area (Å²) in [5, 5.41) is 0. The fourth-order valence-electron chi connectivity index (χ4n) is 4.73. The highest BCUT2D eigenvalue weighted by Gasteiger charge is 2.41. The van der Waals surface area contributed by atoms with E-state index in [0.29, 0.717) is 23.3 Å². The van der Waals surface area contributed by atoms with E-state index in [1.165, 1.54) is 30.7 Å². The van der Waals surface area contributed by atoms with Gasteiger partial charge in [0.15, 0.2) is 0 Å². The lowest BCUT2D eigenvalue weighted by atomic mass is 9.62. The highest BCUT2D eigenvalue weighted by Crippen LogP contribution is 2.47. The lowest BCUT2D eigenvalue weighted by molar-refractivity contribution is 0.0914. The number of nitrogens with zero attached hydrogens (tertiary/aromatic N) is 2. The van der Waals surface area contributed by atoms with Gasteiger partial charge in [0, 0.05) is 18.0 Å². The quantitative estimate of drug-likeness (QED) is 0.469. The minimum absolute atomic E-state index is 0.284. The van der Waals surface area contributed by atoms with Gasteiger partial charge in [-0.15, -0.1) is 0 Å². The number of aliphatic imine (C=N–C) groups is 2. The van der Waals surface area contributed by atoms with Gasteiger partial charge in [-0.1, -0.05) is 48.5 Å². The molecule has 2 nitrogen and oxygen atoms in total. The van der Waals surface area contributed by atoms with Gasteiger partial charge in [0.1, 0.15) is 0 Å². The Morgan fingerprint density at radius 1 is 0.917 bits per heavy atom. The molecule has 2 heteroatoms. The zero-order valence-corrected chi connectivity index (χ0v) is 17.9. The predicted octanol–water partition coefficient (Wildman–Crippen LogP) is 6.59. The molecule has 0 aliphatic heterocycles. The van der Waals surface area contributed by atoms with Crippen molar-refractivity contribution in [1.29, 1.82) is 0 Å². The van der Waals surface area contributed by atoms with Crippen LogP contribution in [-0.2, 0) is 0 Å². The van der Waals surface area contributed by atoms with Crippen LogP contribution >= 0.6 is 0 Å². The van der Waals surface area contributed by atoms with Crippen molar-refractivity contribution < 1.29 is 0 Å². The minimum Gasteiger partial charge on any atom is -0.294 e. The van der Waals surface area contributed by atoms with E-state index in [1.807, 2.05) is 0 Å². The Balaban J connectivity index is 2.83. The van der Waals surface area contributed by atoms with Crippen LogP contribution in [0.25, 0.3) is 0 Å². The molecule has 0 bridgehead atoms. The van der Waals surface area contributed by atoms with Crippen LogP contribution in [0.5, 0.6) is 0 Å². The van der Waals surface area contributed by atoms with Gasteiger partial charge in [0.25, 0.3) is 0 Å². The van der Waals surface area contributed by atoms with Gasteiger partial charge in [0.2, 0.25) is 0 Å². The highest BCUT2D eigenvalue weighted by atomic mass is 14.8. The number of hydrogen-bond acceptors (Lipinski definition) is 2. The molecule has 1 saturated carbocycles. The van der Waals surface area contributed by atoms with Gasteiger partial charge in [-0.2, -0.15) is 0 Å². The third-order valence-electron chi connectivity index (χ3n) is 4.96. The van der Waals surface area contributed by atoms with Crippen molar-refractivity contribution in [1.82, 2.24) is 0 Å². The van der Waals surface area contributed by atoms with Gasteiger partial charge in [-0.25, -0.2) is 0 Å². The second-order valence-corrected chi connectivity index (χ2v) is 10.3. The molecule has 140 valence electrons. The minimum atomic E-state index is 0.284. The first kappa shape index (κ1) is 21.4. The second-order valence-electron chi connectivity index (χ2n) is 10.3. The van der Waals surface area contributed by atoms with Crippen LogP contribution < -0.4 is 0 Å².